The Labute approximate surface area is 99.0 Å². The van der Waals surface area contributed by atoms with Crippen LogP contribution in [-0.2, 0) is 0 Å². The molecule has 2 atom stereocenters. The van der Waals surface area contributed by atoms with E-state index in [1.54, 1.807) is 0 Å². The van der Waals surface area contributed by atoms with Crippen molar-refractivity contribution in [3.8, 4) is 6.07 Å². The van der Waals surface area contributed by atoms with E-state index in [-0.39, 0.29) is 0 Å². The molecule has 0 spiro atoms. The third kappa shape index (κ3) is 2.39. The molecule has 1 aliphatic heterocycles. The van der Waals surface area contributed by atoms with Crippen LogP contribution in [0.3, 0.4) is 0 Å². The van der Waals surface area contributed by atoms with Crippen LogP contribution in [0.2, 0.25) is 0 Å². The maximum absolute atomic E-state index is 8.96. The van der Waals surface area contributed by atoms with Gasteiger partial charge >= 0.3 is 0 Å². The molecule has 0 amide bonds. The smallest absolute Gasteiger partial charge is 0.0638 e. The summed E-state index contributed by atoms with van der Waals surface area (Å²) in [5.41, 5.74) is 0. The largest absolute Gasteiger partial charge is 0.303 e. The molecule has 2 unspecified atom stereocenters. The predicted octanol–water partition coefficient (Wildman–Crippen LogP) is 1.85. The van der Waals surface area contributed by atoms with E-state index < -0.39 is 0 Å². The fourth-order valence-corrected chi connectivity index (χ4v) is 3.57. The Morgan fingerprint density at radius 1 is 1.25 bits per heavy atom. The van der Waals surface area contributed by atoms with Crippen molar-refractivity contribution in [3.63, 3.8) is 0 Å². The van der Waals surface area contributed by atoms with Crippen LogP contribution in [0.5, 0.6) is 0 Å². The van der Waals surface area contributed by atoms with Gasteiger partial charge in [-0.15, -0.1) is 0 Å². The highest BCUT2D eigenvalue weighted by molar-refractivity contribution is 4.95. The van der Waals surface area contributed by atoms with Crippen LogP contribution in [-0.4, -0.2) is 48.1 Å². The van der Waals surface area contributed by atoms with E-state index in [4.69, 9.17) is 5.26 Å². The minimum Gasteiger partial charge on any atom is -0.303 e. The Morgan fingerprint density at radius 2 is 1.94 bits per heavy atom. The Bertz CT molecular complexity index is 265. The Balaban J connectivity index is 2.07. The average molecular weight is 221 g/mol. The maximum Gasteiger partial charge on any atom is 0.0638 e. The summed E-state index contributed by atoms with van der Waals surface area (Å²) in [7, 11) is 2.17. The molecule has 3 heteroatoms. The summed E-state index contributed by atoms with van der Waals surface area (Å²) in [6, 6.07) is 4.19. The maximum atomic E-state index is 8.96. The lowest BCUT2D eigenvalue weighted by Gasteiger charge is -2.47. The zero-order chi connectivity index (χ0) is 11.5. The first-order valence-electron chi connectivity index (χ1n) is 6.55. The van der Waals surface area contributed by atoms with Gasteiger partial charge in [0.1, 0.15) is 0 Å². The van der Waals surface area contributed by atoms with Gasteiger partial charge in [0.05, 0.1) is 12.5 Å². The molecule has 2 fully saturated rings. The van der Waals surface area contributed by atoms with Crippen LogP contribution in [0.4, 0.5) is 0 Å². The molecule has 0 aromatic carbocycles. The topological polar surface area (TPSA) is 30.3 Å². The molecule has 2 rings (SSSR count). The molecule has 0 aromatic rings. The predicted molar refractivity (Wildman–Crippen MR) is 65.1 cm³/mol. The first kappa shape index (κ1) is 11.9. The minimum absolute atomic E-state index is 0.460. The minimum atomic E-state index is 0.460. The summed E-state index contributed by atoms with van der Waals surface area (Å²) < 4.78 is 0. The van der Waals surface area contributed by atoms with E-state index in [9.17, 15) is 0 Å². The van der Waals surface area contributed by atoms with Gasteiger partial charge in [-0.25, -0.2) is 0 Å². The van der Waals surface area contributed by atoms with Gasteiger partial charge in [0, 0.05) is 31.2 Å². The van der Waals surface area contributed by atoms with Crippen molar-refractivity contribution < 1.29 is 0 Å². The number of hydrogen-bond acceptors (Lipinski definition) is 3. The zero-order valence-electron chi connectivity index (χ0n) is 10.5. The fraction of sp³-hybridized carbons (Fsp3) is 0.923. The van der Waals surface area contributed by atoms with Crippen molar-refractivity contribution in [3.05, 3.63) is 0 Å². The number of likely N-dealkylation sites (N-methyl/N-ethyl adjacent to an activating group) is 1. The summed E-state index contributed by atoms with van der Waals surface area (Å²) >= 11 is 0. The summed E-state index contributed by atoms with van der Waals surface area (Å²) in [5, 5.41) is 8.96. The lowest BCUT2D eigenvalue weighted by Crippen LogP contribution is -2.59. The molecule has 3 nitrogen and oxygen atoms in total. The summed E-state index contributed by atoms with van der Waals surface area (Å²) in [6.45, 7) is 4.53. The lowest BCUT2D eigenvalue weighted by molar-refractivity contribution is 0.0124. The van der Waals surface area contributed by atoms with Gasteiger partial charge in [-0.1, -0.05) is 12.8 Å². The molecule has 1 aliphatic carbocycles. The number of nitrogens with zero attached hydrogens (tertiary/aromatic N) is 3. The molecule has 1 heterocycles. The number of hydrogen-bond donors (Lipinski definition) is 0. The normalized spacial score (nSPS) is 34.1. The summed E-state index contributed by atoms with van der Waals surface area (Å²) in [5.74, 6) is 0. The van der Waals surface area contributed by atoms with Gasteiger partial charge in [-0.2, -0.15) is 5.26 Å². The fourth-order valence-electron chi connectivity index (χ4n) is 3.57. The van der Waals surface area contributed by atoms with Crippen molar-refractivity contribution in [1.82, 2.24) is 9.80 Å². The van der Waals surface area contributed by atoms with E-state index in [0.717, 1.165) is 19.1 Å². The highest BCUT2D eigenvalue weighted by Crippen LogP contribution is 2.30. The van der Waals surface area contributed by atoms with E-state index in [1.807, 2.05) is 0 Å². The highest BCUT2D eigenvalue weighted by Gasteiger charge is 2.36. The SMILES string of the molecule is CC1CN(C)CC(CC#N)N1C1CCCC1. The average Bonchev–Trinajstić information content (AvgIpc) is 2.70. The van der Waals surface area contributed by atoms with E-state index in [2.05, 4.69) is 29.8 Å². The number of rotatable bonds is 2. The van der Waals surface area contributed by atoms with E-state index >= 15 is 0 Å². The summed E-state index contributed by atoms with van der Waals surface area (Å²) in [6.07, 6.45) is 6.13. The van der Waals surface area contributed by atoms with Crippen LogP contribution in [0.25, 0.3) is 0 Å². The van der Waals surface area contributed by atoms with Crippen molar-refractivity contribution in [1.29, 1.82) is 5.26 Å². The quantitative estimate of drug-likeness (QED) is 0.713. The lowest BCUT2D eigenvalue weighted by atomic mass is 10.0. The Hall–Kier alpha value is -0.590. The molecule has 1 saturated carbocycles. The number of piperazine rings is 1. The third-order valence-corrected chi connectivity index (χ3v) is 4.10. The van der Waals surface area contributed by atoms with Crippen molar-refractivity contribution in [2.24, 2.45) is 0 Å². The van der Waals surface area contributed by atoms with Crippen LogP contribution in [0.1, 0.15) is 39.0 Å². The Morgan fingerprint density at radius 3 is 2.56 bits per heavy atom. The van der Waals surface area contributed by atoms with Gasteiger partial charge in [0.2, 0.25) is 0 Å². The second-order valence-electron chi connectivity index (χ2n) is 5.47. The molecular weight excluding hydrogens is 198 g/mol. The van der Waals surface area contributed by atoms with Gasteiger partial charge in [0.15, 0.2) is 0 Å². The molecular formula is C13H23N3. The van der Waals surface area contributed by atoms with Crippen LogP contribution < -0.4 is 0 Å². The monoisotopic (exact) mass is 221 g/mol. The van der Waals surface area contributed by atoms with E-state index in [0.29, 0.717) is 18.5 Å². The molecule has 0 N–H and O–H groups in total. The number of nitriles is 1. The molecule has 0 bridgehead atoms. The van der Waals surface area contributed by atoms with Gasteiger partial charge in [0.25, 0.3) is 0 Å². The molecule has 16 heavy (non-hydrogen) atoms. The second kappa shape index (κ2) is 5.16. The van der Waals surface area contributed by atoms with Gasteiger partial charge in [-0.05, 0) is 26.8 Å². The van der Waals surface area contributed by atoms with Crippen molar-refractivity contribution in [2.45, 2.75) is 57.2 Å². The molecule has 90 valence electrons. The summed E-state index contributed by atoms with van der Waals surface area (Å²) in [4.78, 5) is 5.02. The first-order valence-corrected chi connectivity index (χ1v) is 6.55. The van der Waals surface area contributed by atoms with Gasteiger partial charge < -0.3 is 4.90 Å². The molecule has 0 aromatic heterocycles. The molecule has 2 aliphatic rings. The first-order chi connectivity index (χ1) is 7.72. The van der Waals surface area contributed by atoms with E-state index in [1.165, 1.54) is 25.7 Å². The third-order valence-electron chi connectivity index (χ3n) is 4.10. The zero-order valence-corrected chi connectivity index (χ0v) is 10.5. The molecule has 1 saturated heterocycles. The standard InChI is InChI=1S/C13H23N3/c1-11-9-15(2)10-13(7-8-14)16(11)12-5-3-4-6-12/h11-13H,3-7,9-10H2,1-2H3. The van der Waals surface area contributed by atoms with Crippen LogP contribution >= 0.6 is 0 Å². The second-order valence-corrected chi connectivity index (χ2v) is 5.47. The van der Waals surface area contributed by atoms with Crippen LogP contribution in [0, 0.1) is 11.3 Å². The van der Waals surface area contributed by atoms with Gasteiger partial charge in [-0.3, -0.25) is 4.90 Å². The Kier molecular flexibility index (Phi) is 3.83. The van der Waals surface area contributed by atoms with Crippen molar-refractivity contribution in [2.75, 3.05) is 20.1 Å². The van der Waals surface area contributed by atoms with Crippen LogP contribution in [0.15, 0.2) is 0 Å². The highest BCUT2D eigenvalue weighted by atomic mass is 15.3. The molecule has 0 radical (unpaired) electrons. The van der Waals surface area contributed by atoms with Crippen molar-refractivity contribution >= 4 is 0 Å².